The van der Waals surface area contributed by atoms with Gasteiger partial charge in [0.15, 0.2) is 0 Å². The van der Waals surface area contributed by atoms with Crippen LogP contribution in [0.25, 0.3) is 0 Å². The molecule has 25 heavy (non-hydrogen) atoms. The fourth-order valence-corrected chi connectivity index (χ4v) is 2.68. The van der Waals surface area contributed by atoms with Crippen LogP contribution in [0.15, 0.2) is 42.5 Å². The topological polar surface area (TPSA) is 49.4 Å². The summed E-state index contributed by atoms with van der Waals surface area (Å²) in [7, 11) is 0. The van der Waals surface area contributed by atoms with E-state index in [1.807, 2.05) is 12.1 Å². The van der Waals surface area contributed by atoms with Gasteiger partial charge in [-0.25, -0.2) is 0 Å². The first-order valence-corrected chi connectivity index (χ1v) is 8.74. The van der Waals surface area contributed by atoms with Gasteiger partial charge in [-0.1, -0.05) is 53.0 Å². The summed E-state index contributed by atoms with van der Waals surface area (Å²) in [5, 5.41) is 4.00. The number of hydrogen-bond donors (Lipinski definition) is 1. The number of anilines is 1. The highest BCUT2D eigenvalue weighted by Gasteiger charge is 2.13. The van der Waals surface area contributed by atoms with Crippen LogP contribution in [-0.2, 0) is 16.1 Å². The Balaban J connectivity index is 1.94. The first kappa shape index (κ1) is 19.6. The van der Waals surface area contributed by atoms with Crippen molar-refractivity contribution in [2.75, 3.05) is 11.9 Å². The summed E-state index contributed by atoms with van der Waals surface area (Å²) >= 11 is 17.8. The summed E-state index contributed by atoms with van der Waals surface area (Å²) < 4.78 is 0. The first-order valence-electron chi connectivity index (χ1n) is 7.60. The molecule has 2 aromatic rings. The lowest BCUT2D eigenvalue weighted by Gasteiger charge is -2.21. The van der Waals surface area contributed by atoms with E-state index in [1.54, 1.807) is 35.2 Å². The summed E-state index contributed by atoms with van der Waals surface area (Å²) in [5.41, 5.74) is 1.39. The largest absolute Gasteiger partial charge is 0.338 e. The molecule has 0 radical (unpaired) electrons. The molecule has 7 heteroatoms. The minimum Gasteiger partial charge on any atom is -0.338 e. The summed E-state index contributed by atoms with van der Waals surface area (Å²) in [4.78, 5) is 25.5. The number of rotatable bonds is 6. The second-order valence-corrected chi connectivity index (χ2v) is 6.69. The van der Waals surface area contributed by atoms with Crippen LogP contribution in [-0.4, -0.2) is 23.3 Å². The standard InChI is InChI=1S/C18H17Cl3N2O2/c1-12(24)23(11-13-5-7-14(19)8-6-13)10-9-17(25)22-16-4-2-3-15(20)18(16)21/h2-8H,9-11H2,1H3,(H,22,25). The van der Waals surface area contributed by atoms with Crippen molar-refractivity contribution < 1.29 is 9.59 Å². The highest BCUT2D eigenvalue weighted by molar-refractivity contribution is 6.44. The molecule has 0 aliphatic rings. The molecule has 0 aliphatic heterocycles. The van der Waals surface area contributed by atoms with Gasteiger partial charge in [0.2, 0.25) is 11.8 Å². The average molecular weight is 400 g/mol. The number of carbonyl (C=O) groups excluding carboxylic acids is 2. The van der Waals surface area contributed by atoms with Crippen molar-refractivity contribution in [3.63, 3.8) is 0 Å². The summed E-state index contributed by atoms with van der Waals surface area (Å²) in [6.07, 6.45) is 0.149. The van der Waals surface area contributed by atoms with Crippen LogP contribution < -0.4 is 5.32 Å². The third-order valence-corrected chi connectivity index (χ3v) is 4.64. The van der Waals surface area contributed by atoms with Crippen molar-refractivity contribution in [2.45, 2.75) is 19.9 Å². The Morgan fingerprint density at radius 3 is 2.36 bits per heavy atom. The first-order chi connectivity index (χ1) is 11.9. The second-order valence-electron chi connectivity index (χ2n) is 5.47. The zero-order valence-corrected chi connectivity index (χ0v) is 15.8. The lowest BCUT2D eigenvalue weighted by Crippen LogP contribution is -2.31. The van der Waals surface area contributed by atoms with Crippen molar-refractivity contribution in [1.82, 2.24) is 4.90 Å². The number of amides is 2. The Hall–Kier alpha value is -1.75. The predicted octanol–water partition coefficient (Wildman–Crippen LogP) is 5.02. The lowest BCUT2D eigenvalue weighted by atomic mass is 10.2. The van der Waals surface area contributed by atoms with E-state index in [1.165, 1.54) is 6.92 Å². The van der Waals surface area contributed by atoms with E-state index in [2.05, 4.69) is 5.32 Å². The van der Waals surface area contributed by atoms with Gasteiger partial charge in [-0.05, 0) is 29.8 Å². The highest BCUT2D eigenvalue weighted by Crippen LogP contribution is 2.29. The molecule has 2 amide bonds. The molecular weight excluding hydrogens is 383 g/mol. The Morgan fingerprint density at radius 1 is 1.04 bits per heavy atom. The fraction of sp³-hybridized carbons (Fsp3) is 0.222. The zero-order valence-electron chi connectivity index (χ0n) is 13.6. The molecule has 1 N–H and O–H groups in total. The fourth-order valence-electron chi connectivity index (χ4n) is 2.21. The molecule has 0 fully saturated rings. The highest BCUT2D eigenvalue weighted by atomic mass is 35.5. The van der Waals surface area contributed by atoms with E-state index in [9.17, 15) is 9.59 Å². The van der Waals surface area contributed by atoms with Crippen molar-refractivity contribution in [3.8, 4) is 0 Å². The maximum Gasteiger partial charge on any atom is 0.226 e. The van der Waals surface area contributed by atoms with Gasteiger partial charge in [-0.15, -0.1) is 0 Å². The van der Waals surface area contributed by atoms with Gasteiger partial charge in [0.05, 0.1) is 15.7 Å². The Morgan fingerprint density at radius 2 is 1.72 bits per heavy atom. The molecule has 4 nitrogen and oxygen atoms in total. The molecule has 0 aliphatic carbocycles. The molecular formula is C18H17Cl3N2O2. The molecule has 0 bridgehead atoms. The Kier molecular flexibility index (Phi) is 7.12. The predicted molar refractivity (Wildman–Crippen MR) is 102 cm³/mol. The average Bonchev–Trinajstić information content (AvgIpc) is 2.57. The molecule has 2 rings (SSSR count). The summed E-state index contributed by atoms with van der Waals surface area (Å²) in [6, 6.07) is 12.2. The van der Waals surface area contributed by atoms with Crippen molar-refractivity contribution in [3.05, 3.63) is 63.1 Å². The Bertz CT molecular complexity index is 763. The van der Waals surface area contributed by atoms with Gasteiger partial charge in [0, 0.05) is 31.5 Å². The Labute approximate surface area is 161 Å². The number of hydrogen-bond acceptors (Lipinski definition) is 2. The number of carbonyl (C=O) groups is 2. The monoisotopic (exact) mass is 398 g/mol. The molecule has 0 saturated carbocycles. The van der Waals surface area contributed by atoms with Crippen molar-refractivity contribution in [1.29, 1.82) is 0 Å². The number of nitrogens with zero attached hydrogens (tertiary/aromatic N) is 1. The quantitative estimate of drug-likeness (QED) is 0.741. The van der Waals surface area contributed by atoms with Gasteiger partial charge in [0.25, 0.3) is 0 Å². The molecule has 0 aromatic heterocycles. The van der Waals surface area contributed by atoms with Gasteiger partial charge in [-0.3, -0.25) is 9.59 Å². The molecule has 0 atom stereocenters. The van der Waals surface area contributed by atoms with E-state index in [0.29, 0.717) is 33.8 Å². The third kappa shape index (κ3) is 5.92. The third-order valence-electron chi connectivity index (χ3n) is 3.57. The summed E-state index contributed by atoms with van der Waals surface area (Å²) in [6.45, 7) is 2.18. The minimum atomic E-state index is -0.244. The summed E-state index contributed by atoms with van der Waals surface area (Å²) in [5.74, 6) is -0.352. The number of benzene rings is 2. The van der Waals surface area contributed by atoms with E-state index in [0.717, 1.165) is 5.56 Å². The van der Waals surface area contributed by atoms with Gasteiger partial charge in [-0.2, -0.15) is 0 Å². The molecule has 0 saturated heterocycles. The van der Waals surface area contributed by atoms with Gasteiger partial charge in [0.1, 0.15) is 0 Å². The molecule has 0 spiro atoms. The molecule has 2 aromatic carbocycles. The molecule has 0 heterocycles. The van der Waals surface area contributed by atoms with Crippen LogP contribution in [0, 0.1) is 0 Å². The second kappa shape index (κ2) is 9.09. The maximum atomic E-state index is 12.1. The van der Waals surface area contributed by atoms with Crippen LogP contribution in [0.1, 0.15) is 18.9 Å². The normalized spacial score (nSPS) is 10.4. The number of nitrogens with one attached hydrogen (secondary N) is 1. The van der Waals surface area contributed by atoms with Crippen LogP contribution in [0.3, 0.4) is 0 Å². The van der Waals surface area contributed by atoms with Crippen molar-refractivity contribution >= 4 is 52.3 Å². The smallest absolute Gasteiger partial charge is 0.226 e. The van der Waals surface area contributed by atoms with Gasteiger partial charge >= 0.3 is 0 Å². The van der Waals surface area contributed by atoms with E-state index >= 15 is 0 Å². The maximum absolute atomic E-state index is 12.1. The van der Waals surface area contributed by atoms with Crippen molar-refractivity contribution in [2.24, 2.45) is 0 Å². The van der Waals surface area contributed by atoms with Crippen LogP contribution >= 0.6 is 34.8 Å². The minimum absolute atomic E-state index is 0.108. The molecule has 0 unspecified atom stereocenters. The van der Waals surface area contributed by atoms with Crippen LogP contribution in [0.5, 0.6) is 0 Å². The van der Waals surface area contributed by atoms with Gasteiger partial charge < -0.3 is 10.2 Å². The number of halogens is 3. The van der Waals surface area contributed by atoms with Crippen LogP contribution in [0.4, 0.5) is 5.69 Å². The lowest BCUT2D eigenvalue weighted by molar-refractivity contribution is -0.129. The van der Waals surface area contributed by atoms with Crippen LogP contribution in [0.2, 0.25) is 15.1 Å². The van der Waals surface area contributed by atoms with E-state index in [-0.39, 0.29) is 18.2 Å². The van der Waals surface area contributed by atoms with E-state index < -0.39 is 0 Å². The zero-order chi connectivity index (χ0) is 18.4. The van der Waals surface area contributed by atoms with E-state index in [4.69, 9.17) is 34.8 Å². The molecule has 132 valence electrons. The SMILES string of the molecule is CC(=O)N(CCC(=O)Nc1cccc(Cl)c1Cl)Cc1ccc(Cl)cc1.